The Morgan fingerprint density at radius 1 is 1.00 bits per heavy atom. The van der Waals surface area contributed by atoms with Gasteiger partial charge in [0.2, 0.25) is 0 Å². The Hall–Kier alpha value is -1.60. The minimum atomic E-state index is -0.532. The molecule has 1 unspecified atom stereocenters. The normalized spacial score (nSPS) is 12.4. The third-order valence-electron chi connectivity index (χ3n) is 3.78. The molecule has 2 rings (SSSR count). The van der Waals surface area contributed by atoms with E-state index in [0.29, 0.717) is 0 Å². The molecule has 0 aliphatic rings. The van der Waals surface area contributed by atoms with Crippen LogP contribution in [-0.4, -0.2) is 5.11 Å². The zero-order valence-corrected chi connectivity index (χ0v) is 12.0. The van der Waals surface area contributed by atoms with Crippen LogP contribution >= 0.6 is 0 Å². The summed E-state index contributed by atoms with van der Waals surface area (Å²) in [4.78, 5) is 0. The number of benzene rings is 2. The van der Waals surface area contributed by atoms with E-state index in [1.165, 1.54) is 16.7 Å². The van der Waals surface area contributed by atoms with Crippen molar-refractivity contribution >= 4 is 0 Å². The molecule has 0 aliphatic heterocycles. The average Bonchev–Trinajstić information content (AvgIpc) is 2.42. The SMILES string of the molecule is CCCc1ccc(C(O)c2cccc(C)c2C)cc1. The summed E-state index contributed by atoms with van der Waals surface area (Å²) in [6.07, 6.45) is 1.72. The highest BCUT2D eigenvalue weighted by molar-refractivity contribution is 5.39. The van der Waals surface area contributed by atoms with Gasteiger partial charge in [-0.3, -0.25) is 0 Å². The highest BCUT2D eigenvalue weighted by Gasteiger charge is 2.13. The van der Waals surface area contributed by atoms with E-state index < -0.39 is 6.10 Å². The van der Waals surface area contributed by atoms with Crippen molar-refractivity contribution in [2.75, 3.05) is 0 Å². The first-order valence-corrected chi connectivity index (χ1v) is 6.96. The molecule has 0 radical (unpaired) electrons. The van der Waals surface area contributed by atoms with Crippen molar-refractivity contribution in [1.29, 1.82) is 0 Å². The lowest BCUT2D eigenvalue weighted by Crippen LogP contribution is -2.03. The van der Waals surface area contributed by atoms with Gasteiger partial charge in [-0.05, 0) is 48.1 Å². The van der Waals surface area contributed by atoms with Crippen molar-refractivity contribution in [3.8, 4) is 0 Å². The topological polar surface area (TPSA) is 20.2 Å². The monoisotopic (exact) mass is 254 g/mol. The van der Waals surface area contributed by atoms with E-state index in [-0.39, 0.29) is 0 Å². The van der Waals surface area contributed by atoms with E-state index in [1.54, 1.807) is 0 Å². The summed E-state index contributed by atoms with van der Waals surface area (Å²) < 4.78 is 0. The third kappa shape index (κ3) is 3.05. The highest BCUT2D eigenvalue weighted by atomic mass is 16.3. The molecule has 100 valence electrons. The largest absolute Gasteiger partial charge is 0.384 e. The van der Waals surface area contributed by atoms with Gasteiger partial charge in [-0.2, -0.15) is 0 Å². The number of hydrogen-bond acceptors (Lipinski definition) is 1. The first-order chi connectivity index (χ1) is 9.13. The van der Waals surface area contributed by atoms with Gasteiger partial charge in [0.05, 0.1) is 0 Å². The molecule has 2 aromatic carbocycles. The first kappa shape index (κ1) is 13.8. The lowest BCUT2D eigenvalue weighted by atomic mass is 9.94. The molecular formula is C18H22O. The molecule has 0 bridgehead atoms. The fourth-order valence-electron chi connectivity index (χ4n) is 2.40. The van der Waals surface area contributed by atoms with Crippen LogP contribution in [0.3, 0.4) is 0 Å². The van der Waals surface area contributed by atoms with Crippen LogP contribution in [0, 0.1) is 13.8 Å². The molecule has 0 aliphatic carbocycles. The fraction of sp³-hybridized carbons (Fsp3) is 0.333. The summed E-state index contributed by atoms with van der Waals surface area (Å²) in [5, 5.41) is 10.5. The van der Waals surface area contributed by atoms with Crippen molar-refractivity contribution in [3.63, 3.8) is 0 Å². The van der Waals surface area contributed by atoms with Crippen LogP contribution in [0.15, 0.2) is 42.5 Å². The first-order valence-electron chi connectivity index (χ1n) is 6.96. The van der Waals surface area contributed by atoms with Crippen molar-refractivity contribution in [2.24, 2.45) is 0 Å². The maximum absolute atomic E-state index is 10.5. The average molecular weight is 254 g/mol. The Balaban J connectivity index is 2.28. The lowest BCUT2D eigenvalue weighted by Gasteiger charge is -2.16. The summed E-state index contributed by atoms with van der Waals surface area (Å²) in [7, 11) is 0. The molecule has 0 aromatic heterocycles. The van der Waals surface area contributed by atoms with Crippen LogP contribution < -0.4 is 0 Å². The van der Waals surface area contributed by atoms with E-state index >= 15 is 0 Å². The van der Waals surface area contributed by atoms with Crippen molar-refractivity contribution < 1.29 is 5.11 Å². The predicted molar refractivity (Wildman–Crippen MR) is 80.4 cm³/mol. The van der Waals surface area contributed by atoms with Crippen LogP contribution in [0.2, 0.25) is 0 Å². The summed E-state index contributed by atoms with van der Waals surface area (Å²) in [6.45, 7) is 6.33. The van der Waals surface area contributed by atoms with Crippen LogP contribution in [0.5, 0.6) is 0 Å². The molecule has 19 heavy (non-hydrogen) atoms. The van der Waals surface area contributed by atoms with E-state index in [9.17, 15) is 5.11 Å². The predicted octanol–water partition coefficient (Wildman–Crippen LogP) is 4.34. The minimum absolute atomic E-state index is 0.532. The molecule has 1 N–H and O–H groups in total. The van der Waals surface area contributed by atoms with Gasteiger partial charge in [-0.1, -0.05) is 55.8 Å². The molecule has 0 saturated carbocycles. The quantitative estimate of drug-likeness (QED) is 0.860. The Labute approximate surface area is 115 Å². The van der Waals surface area contributed by atoms with Crippen LogP contribution in [-0.2, 0) is 6.42 Å². The molecular weight excluding hydrogens is 232 g/mol. The van der Waals surface area contributed by atoms with Gasteiger partial charge in [-0.25, -0.2) is 0 Å². The second kappa shape index (κ2) is 6.03. The van der Waals surface area contributed by atoms with Gasteiger partial charge >= 0.3 is 0 Å². The lowest BCUT2D eigenvalue weighted by molar-refractivity contribution is 0.219. The minimum Gasteiger partial charge on any atom is -0.384 e. The highest BCUT2D eigenvalue weighted by Crippen LogP contribution is 2.26. The summed E-state index contributed by atoms with van der Waals surface area (Å²) in [6, 6.07) is 14.4. The maximum atomic E-state index is 10.5. The Kier molecular flexibility index (Phi) is 4.39. The zero-order valence-electron chi connectivity index (χ0n) is 12.0. The molecule has 1 nitrogen and oxygen atoms in total. The Morgan fingerprint density at radius 3 is 2.32 bits per heavy atom. The number of aliphatic hydroxyl groups is 1. The fourth-order valence-corrected chi connectivity index (χ4v) is 2.40. The molecule has 0 amide bonds. The molecule has 1 heteroatoms. The van der Waals surface area contributed by atoms with Crippen LogP contribution in [0.4, 0.5) is 0 Å². The molecule has 0 spiro atoms. The number of hydrogen-bond donors (Lipinski definition) is 1. The van der Waals surface area contributed by atoms with E-state index in [4.69, 9.17) is 0 Å². The summed E-state index contributed by atoms with van der Waals surface area (Å²) in [5.74, 6) is 0. The van der Waals surface area contributed by atoms with Crippen molar-refractivity contribution in [3.05, 3.63) is 70.3 Å². The van der Waals surface area contributed by atoms with Gasteiger partial charge in [0.25, 0.3) is 0 Å². The molecule has 0 fully saturated rings. The van der Waals surface area contributed by atoms with Crippen molar-refractivity contribution in [1.82, 2.24) is 0 Å². The molecule has 2 aromatic rings. The number of rotatable bonds is 4. The second-order valence-corrected chi connectivity index (χ2v) is 5.18. The smallest absolute Gasteiger partial charge is 0.104 e. The third-order valence-corrected chi connectivity index (χ3v) is 3.78. The van der Waals surface area contributed by atoms with Gasteiger partial charge < -0.3 is 5.11 Å². The summed E-state index contributed by atoms with van der Waals surface area (Å²) in [5.41, 5.74) is 5.70. The Morgan fingerprint density at radius 2 is 1.68 bits per heavy atom. The standard InChI is InChI=1S/C18H22O/c1-4-6-15-9-11-16(12-10-15)18(19)17-8-5-7-13(2)14(17)3/h5,7-12,18-19H,4,6H2,1-3H3. The summed E-state index contributed by atoms with van der Waals surface area (Å²) >= 11 is 0. The number of aliphatic hydroxyl groups excluding tert-OH is 1. The van der Waals surface area contributed by atoms with Gasteiger partial charge in [-0.15, -0.1) is 0 Å². The zero-order chi connectivity index (χ0) is 13.8. The van der Waals surface area contributed by atoms with E-state index in [1.807, 2.05) is 24.3 Å². The molecule has 0 saturated heterocycles. The van der Waals surface area contributed by atoms with Crippen molar-refractivity contribution in [2.45, 2.75) is 39.7 Å². The van der Waals surface area contributed by atoms with Gasteiger partial charge in [0, 0.05) is 0 Å². The van der Waals surface area contributed by atoms with E-state index in [2.05, 4.69) is 39.0 Å². The van der Waals surface area contributed by atoms with Gasteiger partial charge in [0.1, 0.15) is 6.10 Å². The number of aryl methyl sites for hydroxylation is 2. The second-order valence-electron chi connectivity index (χ2n) is 5.18. The van der Waals surface area contributed by atoms with E-state index in [0.717, 1.165) is 24.0 Å². The van der Waals surface area contributed by atoms with Gasteiger partial charge in [0.15, 0.2) is 0 Å². The van der Waals surface area contributed by atoms with Crippen LogP contribution in [0.25, 0.3) is 0 Å². The molecule has 0 heterocycles. The Bertz CT molecular complexity index is 540. The van der Waals surface area contributed by atoms with Crippen LogP contribution in [0.1, 0.15) is 47.3 Å². The molecule has 1 atom stereocenters. The maximum Gasteiger partial charge on any atom is 0.104 e.